The average Bonchev–Trinajstić information content (AvgIpc) is 2.49. The molecular formula is C17H26N2O2S. The summed E-state index contributed by atoms with van der Waals surface area (Å²) in [6.45, 7) is 5.79. The molecule has 0 aromatic heterocycles. The average molecular weight is 322 g/mol. The highest BCUT2D eigenvalue weighted by molar-refractivity contribution is 7.80. The molecule has 0 saturated heterocycles. The molecule has 0 bridgehead atoms. The van der Waals surface area contributed by atoms with Crippen LogP contribution in [0.25, 0.3) is 0 Å². The van der Waals surface area contributed by atoms with E-state index in [2.05, 4.69) is 47.4 Å². The van der Waals surface area contributed by atoms with Gasteiger partial charge in [0.05, 0.1) is 7.11 Å². The second-order valence-corrected chi connectivity index (χ2v) is 5.80. The first kappa shape index (κ1) is 18.4. The molecule has 0 radical (unpaired) electrons. The Labute approximate surface area is 138 Å². The smallest absolute Gasteiger partial charge is 0.305 e. The Morgan fingerprint density at radius 3 is 2.50 bits per heavy atom. The van der Waals surface area contributed by atoms with Crippen molar-refractivity contribution < 1.29 is 9.53 Å². The first-order chi connectivity index (χ1) is 10.5. The quantitative estimate of drug-likeness (QED) is 0.438. The van der Waals surface area contributed by atoms with Crippen molar-refractivity contribution in [1.82, 2.24) is 10.6 Å². The highest BCUT2D eigenvalue weighted by Crippen LogP contribution is 2.12. The zero-order valence-electron chi connectivity index (χ0n) is 13.7. The molecule has 0 unspecified atom stereocenters. The van der Waals surface area contributed by atoms with Crippen LogP contribution in [0, 0.1) is 13.8 Å². The highest BCUT2D eigenvalue weighted by Gasteiger charge is 2.01. The number of aryl methyl sites for hydroxylation is 3. The van der Waals surface area contributed by atoms with Crippen molar-refractivity contribution in [1.29, 1.82) is 0 Å². The van der Waals surface area contributed by atoms with Crippen molar-refractivity contribution in [2.45, 2.75) is 39.5 Å². The molecule has 0 aliphatic rings. The molecule has 0 aliphatic carbocycles. The lowest BCUT2D eigenvalue weighted by Crippen LogP contribution is -2.36. The lowest BCUT2D eigenvalue weighted by molar-refractivity contribution is -0.140. The van der Waals surface area contributed by atoms with Gasteiger partial charge in [0, 0.05) is 19.5 Å². The van der Waals surface area contributed by atoms with Gasteiger partial charge in [-0.15, -0.1) is 0 Å². The second kappa shape index (κ2) is 10.2. The van der Waals surface area contributed by atoms with Crippen molar-refractivity contribution >= 4 is 23.3 Å². The van der Waals surface area contributed by atoms with Gasteiger partial charge in [-0.25, -0.2) is 0 Å². The SMILES string of the molecule is COC(=O)CCCNC(=S)NCCCc1ccc(C)cc1C. The zero-order valence-corrected chi connectivity index (χ0v) is 14.5. The third kappa shape index (κ3) is 7.41. The van der Waals surface area contributed by atoms with Crippen LogP contribution < -0.4 is 10.6 Å². The molecule has 4 nitrogen and oxygen atoms in total. The number of hydrogen-bond acceptors (Lipinski definition) is 3. The Kier molecular flexibility index (Phi) is 8.51. The molecule has 1 aromatic rings. The van der Waals surface area contributed by atoms with E-state index < -0.39 is 0 Å². The number of carbonyl (C=O) groups excluding carboxylic acids is 1. The van der Waals surface area contributed by atoms with Gasteiger partial charge >= 0.3 is 5.97 Å². The third-order valence-corrected chi connectivity index (χ3v) is 3.77. The van der Waals surface area contributed by atoms with Crippen molar-refractivity contribution in [3.05, 3.63) is 34.9 Å². The van der Waals surface area contributed by atoms with E-state index in [-0.39, 0.29) is 5.97 Å². The molecule has 1 rings (SSSR count). The molecule has 0 aliphatic heterocycles. The van der Waals surface area contributed by atoms with Crippen LogP contribution in [-0.4, -0.2) is 31.3 Å². The van der Waals surface area contributed by atoms with Crippen molar-refractivity contribution in [2.24, 2.45) is 0 Å². The molecule has 0 heterocycles. The first-order valence-corrected chi connectivity index (χ1v) is 8.08. The fourth-order valence-corrected chi connectivity index (χ4v) is 2.41. The number of thiocarbonyl (C=S) groups is 1. The van der Waals surface area contributed by atoms with Crippen LogP contribution in [0.4, 0.5) is 0 Å². The highest BCUT2D eigenvalue weighted by atomic mass is 32.1. The minimum Gasteiger partial charge on any atom is -0.469 e. The minimum absolute atomic E-state index is 0.186. The number of methoxy groups -OCH3 is 1. The fourth-order valence-electron chi connectivity index (χ4n) is 2.21. The van der Waals surface area contributed by atoms with E-state index in [4.69, 9.17) is 12.2 Å². The fraction of sp³-hybridized carbons (Fsp3) is 0.529. The maximum absolute atomic E-state index is 11.0. The molecule has 2 N–H and O–H groups in total. The molecule has 22 heavy (non-hydrogen) atoms. The summed E-state index contributed by atoms with van der Waals surface area (Å²) in [6, 6.07) is 6.58. The molecule has 5 heteroatoms. The normalized spacial score (nSPS) is 10.1. The number of esters is 1. The van der Waals surface area contributed by atoms with Crippen LogP contribution in [0.2, 0.25) is 0 Å². The van der Waals surface area contributed by atoms with E-state index in [9.17, 15) is 4.79 Å². The molecule has 0 saturated carbocycles. The summed E-state index contributed by atoms with van der Waals surface area (Å²) >= 11 is 5.20. The van der Waals surface area contributed by atoms with Crippen molar-refractivity contribution in [3.63, 3.8) is 0 Å². The topological polar surface area (TPSA) is 50.4 Å². The third-order valence-electron chi connectivity index (χ3n) is 3.48. The first-order valence-electron chi connectivity index (χ1n) is 7.67. The molecule has 122 valence electrons. The van der Waals surface area contributed by atoms with E-state index in [0.29, 0.717) is 18.1 Å². The number of ether oxygens (including phenoxy) is 1. The molecule has 0 amide bonds. The van der Waals surface area contributed by atoms with Crippen LogP contribution in [0.3, 0.4) is 0 Å². The van der Waals surface area contributed by atoms with Crippen molar-refractivity contribution in [3.8, 4) is 0 Å². The van der Waals surface area contributed by atoms with E-state index in [1.807, 2.05) is 0 Å². The Balaban J connectivity index is 2.11. The van der Waals surface area contributed by atoms with Crippen LogP contribution in [-0.2, 0) is 16.0 Å². The second-order valence-electron chi connectivity index (χ2n) is 5.40. The van der Waals surface area contributed by atoms with Gasteiger partial charge in [-0.05, 0) is 56.5 Å². The monoisotopic (exact) mass is 322 g/mol. The van der Waals surface area contributed by atoms with E-state index in [1.165, 1.54) is 23.8 Å². The number of carbonyl (C=O) groups is 1. The molecule has 1 aromatic carbocycles. The van der Waals surface area contributed by atoms with Gasteiger partial charge in [0.15, 0.2) is 5.11 Å². The van der Waals surface area contributed by atoms with Gasteiger partial charge < -0.3 is 15.4 Å². The number of nitrogens with one attached hydrogen (secondary N) is 2. The van der Waals surface area contributed by atoms with Crippen molar-refractivity contribution in [2.75, 3.05) is 20.2 Å². The predicted octanol–water partition coefficient (Wildman–Crippen LogP) is 2.65. The molecule has 0 fully saturated rings. The molecule has 0 atom stereocenters. The van der Waals surface area contributed by atoms with E-state index in [1.54, 1.807) is 0 Å². The summed E-state index contributed by atoms with van der Waals surface area (Å²) in [6.07, 6.45) is 3.22. The lowest BCUT2D eigenvalue weighted by atomic mass is 10.0. The maximum atomic E-state index is 11.0. The standard InChI is InChI=1S/C17H26N2O2S/c1-13-8-9-15(14(2)12-13)6-4-10-18-17(22)19-11-5-7-16(20)21-3/h8-9,12H,4-7,10-11H2,1-3H3,(H2,18,19,22). The van der Waals surface area contributed by atoms with Gasteiger partial charge in [-0.3, -0.25) is 4.79 Å². The van der Waals surface area contributed by atoms with Crippen LogP contribution in [0.1, 0.15) is 36.0 Å². The Morgan fingerprint density at radius 1 is 1.18 bits per heavy atom. The van der Waals surface area contributed by atoms with E-state index >= 15 is 0 Å². The minimum atomic E-state index is -0.186. The summed E-state index contributed by atoms with van der Waals surface area (Å²) in [5.41, 5.74) is 4.05. The Hall–Kier alpha value is -1.62. The summed E-state index contributed by atoms with van der Waals surface area (Å²) in [5.74, 6) is -0.186. The largest absolute Gasteiger partial charge is 0.469 e. The zero-order chi connectivity index (χ0) is 16.4. The summed E-state index contributed by atoms with van der Waals surface area (Å²) < 4.78 is 4.58. The molecule has 0 spiro atoms. The van der Waals surface area contributed by atoms with Crippen LogP contribution >= 0.6 is 12.2 Å². The van der Waals surface area contributed by atoms with Crippen LogP contribution in [0.15, 0.2) is 18.2 Å². The summed E-state index contributed by atoms with van der Waals surface area (Å²) in [7, 11) is 1.40. The number of rotatable bonds is 8. The van der Waals surface area contributed by atoms with Gasteiger partial charge in [0.2, 0.25) is 0 Å². The predicted molar refractivity (Wildman–Crippen MR) is 94.1 cm³/mol. The lowest BCUT2D eigenvalue weighted by Gasteiger charge is -2.11. The van der Waals surface area contributed by atoms with Gasteiger partial charge in [-0.2, -0.15) is 0 Å². The van der Waals surface area contributed by atoms with Gasteiger partial charge in [0.25, 0.3) is 0 Å². The Bertz CT molecular complexity index is 503. The van der Waals surface area contributed by atoms with E-state index in [0.717, 1.165) is 25.8 Å². The van der Waals surface area contributed by atoms with Gasteiger partial charge in [-0.1, -0.05) is 23.8 Å². The summed E-state index contributed by atoms with van der Waals surface area (Å²) in [5, 5.41) is 6.93. The Morgan fingerprint density at radius 2 is 1.86 bits per heavy atom. The summed E-state index contributed by atoms with van der Waals surface area (Å²) in [4.78, 5) is 11.0. The molecular weight excluding hydrogens is 296 g/mol. The number of benzene rings is 1. The maximum Gasteiger partial charge on any atom is 0.305 e. The van der Waals surface area contributed by atoms with Crippen LogP contribution in [0.5, 0.6) is 0 Å². The number of hydrogen-bond donors (Lipinski definition) is 2. The van der Waals surface area contributed by atoms with Gasteiger partial charge in [0.1, 0.15) is 0 Å².